The van der Waals surface area contributed by atoms with Gasteiger partial charge >= 0.3 is 0 Å². The number of carbonyl (C=O) groups is 1. The summed E-state index contributed by atoms with van der Waals surface area (Å²) in [4.78, 5) is 11.6. The number of hydrogen-bond acceptors (Lipinski definition) is 3. The van der Waals surface area contributed by atoms with E-state index < -0.39 is 5.91 Å². The van der Waals surface area contributed by atoms with Crippen molar-refractivity contribution < 1.29 is 14.4 Å². The van der Waals surface area contributed by atoms with E-state index in [2.05, 4.69) is 0 Å². The molecule has 0 heterocycles. The number of amides is 1. The maximum atomic E-state index is 13.9. The van der Waals surface area contributed by atoms with Gasteiger partial charge in [0.05, 0.1) is 11.6 Å². The number of nitriles is 1. The Kier molecular flexibility index (Phi) is 4.88. The minimum absolute atomic E-state index is 0.154. The molecule has 2 rings (SSSR count). The Balaban J connectivity index is 2.46. The molecule has 0 bridgehead atoms. The van der Waals surface area contributed by atoms with Gasteiger partial charge in [-0.3, -0.25) is 10.0 Å². The SMILES string of the molecule is N#Cc1ccc(C(=O)NO)c(Cc2ccc(I)cc2F)c1. The van der Waals surface area contributed by atoms with Crippen molar-refractivity contribution in [2.45, 2.75) is 6.42 Å². The normalized spacial score (nSPS) is 10.0. The van der Waals surface area contributed by atoms with Crippen LogP contribution in [0.3, 0.4) is 0 Å². The van der Waals surface area contributed by atoms with Crippen LogP contribution in [0.25, 0.3) is 0 Å². The number of hydroxylamine groups is 1. The third-order valence-electron chi connectivity index (χ3n) is 2.98. The van der Waals surface area contributed by atoms with Crippen LogP contribution in [-0.2, 0) is 6.42 Å². The van der Waals surface area contributed by atoms with Gasteiger partial charge in [0, 0.05) is 15.6 Å². The van der Waals surface area contributed by atoms with E-state index in [-0.39, 0.29) is 17.8 Å². The van der Waals surface area contributed by atoms with Gasteiger partial charge in [0.2, 0.25) is 0 Å². The number of hydrogen-bond donors (Lipinski definition) is 2. The number of nitrogens with one attached hydrogen (secondary N) is 1. The molecule has 2 N–H and O–H groups in total. The van der Waals surface area contributed by atoms with Crippen molar-refractivity contribution in [3.63, 3.8) is 0 Å². The van der Waals surface area contributed by atoms with E-state index in [4.69, 9.17) is 10.5 Å². The minimum atomic E-state index is -0.694. The van der Waals surface area contributed by atoms with Gasteiger partial charge in [0.1, 0.15) is 5.82 Å². The second-order valence-electron chi connectivity index (χ2n) is 4.34. The molecule has 0 aliphatic heterocycles. The summed E-state index contributed by atoms with van der Waals surface area (Å²) >= 11 is 2.01. The summed E-state index contributed by atoms with van der Waals surface area (Å²) in [6, 6.07) is 11.2. The van der Waals surface area contributed by atoms with E-state index in [9.17, 15) is 9.18 Å². The highest BCUT2D eigenvalue weighted by molar-refractivity contribution is 14.1. The molecule has 0 saturated carbocycles. The summed E-state index contributed by atoms with van der Waals surface area (Å²) in [6.07, 6.45) is 0.154. The summed E-state index contributed by atoms with van der Waals surface area (Å²) in [5.41, 5.74) is 3.01. The lowest BCUT2D eigenvalue weighted by atomic mass is 9.97. The zero-order valence-electron chi connectivity index (χ0n) is 10.7. The summed E-state index contributed by atoms with van der Waals surface area (Å²) in [5, 5.41) is 17.7. The minimum Gasteiger partial charge on any atom is -0.288 e. The highest BCUT2D eigenvalue weighted by atomic mass is 127. The average Bonchev–Trinajstić information content (AvgIpc) is 2.49. The molecule has 0 unspecified atom stereocenters. The van der Waals surface area contributed by atoms with E-state index in [1.165, 1.54) is 24.3 Å². The molecule has 0 aliphatic carbocycles. The van der Waals surface area contributed by atoms with Crippen LogP contribution in [0.2, 0.25) is 0 Å². The zero-order valence-corrected chi connectivity index (χ0v) is 12.9. The number of carbonyl (C=O) groups excluding carboxylic acids is 1. The van der Waals surface area contributed by atoms with Crippen molar-refractivity contribution in [2.24, 2.45) is 0 Å². The van der Waals surface area contributed by atoms with Crippen LogP contribution in [-0.4, -0.2) is 11.1 Å². The standard InChI is InChI=1S/C15H10FIN2O2/c16-14-7-12(17)3-2-10(14)6-11-5-9(8-18)1-4-13(11)15(20)19-21/h1-5,7,21H,6H2,(H,19,20). The topological polar surface area (TPSA) is 73.1 Å². The Labute approximate surface area is 134 Å². The monoisotopic (exact) mass is 396 g/mol. The quantitative estimate of drug-likeness (QED) is 0.476. The van der Waals surface area contributed by atoms with Crippen LogP contribution in [0.4, 0.5) is 4.39 Å². The second-order valence-corrected chi connectivity index (χ2v) is 5.58. The lowest BCUT2D eigenvalue weighted by Gasteiger charge is -2.09. The van der Waals surface area contributed by atoms with Gasteiger partial charge in [-0.15, -0.1) is 0 Å². The summed E-state index contributed by atoms with van der Waals surface area (Å²) in [6.45, 7) is 0. The lowest BCUT2D eigenvalue weighted by molar-refractivity contribution is 0.0705. The van der Waals surface area contributed by atoms with Crippen molar-refractivity contribution in [2.75, 3.05) is 0 Å². The van der Waals surface area contributed by atoms with Crippen molar-refractivity contribution >= 4 is 28.5 Å². The van der Waals surface area contributed by atoms with Crippen LogP contribution < -0.4 is 5.48 Å². The Morgan fingerprint density at radius 1 is 1.29 bits per heavy atom. The second kappa shape index (κ2) is 6.65. The molecule has 1 amide bonds. The third kappa shape index (κ3) is 3.56. The fourth-order valence-electron chi connectivity index (χ4n) is 1.96. The van der Waals surface area contributed by atoms with Gasteiger partial charge in [-0.1, -0.05) is 6.07 Å². The number of halogens is 2. The van der Waals surface area contributed by atoms with Gasteiger partial charge in [0.25, 0.3) is 5.91 Å². The predicted molar refractivity (Wildman–Crippen MR) is 82.3 cm³/mol. The van der Waals surface area contributed by atoms with E-state index in [0.29, 0.717) is 16.7 Å². The Morgan fingerprint density at radius 3 is 2.67 bits per heavy atom. The summed E-state index contributed by atoms with van der Waals surface area (Å²) < 4.78 is 14.7. The first-order valence-corrected chi connectivity index (χ1v) is 7.04. The van der Waals surface area contributed by atoms with E-state index >= 15 is 0 Å². The Bertz CT molecular complexity index is 741. The molecule has 2 aromatic rings. The van der Waals surface area contributed by atoms with Gasteiger partial charge < -0.3 is 0 Å². The van der Waals surface area contributed by atoms with E-state index in [1.54, 1.807) is 17.6 Å². The fraction of sp³-hybridized carbons (Fsp3) is 0.0667. The van der Waals surface area contributed by atoms with Crippen LogP contribution >= 0.6 is 22.6 Å². The maximum Gasteiger partial charge on any atom is 0.274 e. The molecular weight excluding hydrogens is 386 g/mol. The third-order valence-corrected chi connectivity index (χ3v) is 3.65. The first kappa shape index (κ1) is 15.4. The molecule has 21 heavy (non-hydrogen) atoms. The fourth-order valence-corrected chi connectivity index (χ4v) is 2.41. The van der Waals surface area contributed by atoms with Crippen LogP contribution in [0, 0.1) is 20.7 Å². The molecule has 0 aromatic heterocycles. The smallest absolute Gasteiger partial charge is 0.274 e. The molecule has 4 nitrogen and oxygen atoms in total. The van der Waals surface area contributed by atoms with Crippen molar-refractivity contribution in [1.82, 2.24) is 5.48 Å². The van der Waals surface area contributed by atoms with Gasteiger partial charge in [0.15, 0.2) is 0 Å². The van der Waals surface area contributed by atoms with Crippen molar-refractivity contribution in [3.05, 3.63) is 68.0 Å². The maximum absolute atomic E-state index is 13.9. The van der Waals surface area contributed by atoms with Crippen LogP contribution in [0.1, 0.15) is 27.0 Å². The molecule has 0 spiro atoms. The molecule has 2 aromatic carbocycles. The van der Waals surface area contributed by atoms with Gasteiger partial charge in [-0.05, 0) is 64.0 Å². The number of nitrogens with zero attached hydrogens (tertiary/aromatic N) is 1. The van der Waals surface area contributed by atoms with E-state index in [1.807, 2.05) is 28.7 Å². The molecule has 0 radical (unpaired) electrons. The van der Waals surface area contributed by atoms with Gasteiger partial charge in [-0.25, -0.2) is 9.87 Å². The van der Waals surface area contributed by atoms with Crippen LogP contribution in [0.5, 0.6) is 0 Å². The van der Waals surface area contributed by atoms with Crippen molar-refractivity contribution in [1.29, 1.82) is 5.26 Å². The number of benzene rings is 2. The first-order chi connectivity index (χ1) is 10.0. The molecule has 0 aliphatic rings. The van der Waals surface area contributed by atoms with Crippen molar-refractivity contribution in [3.8, 4) is 6.07 Å². The molecule has 106 valence electrons. The Morgan fingerprint density at radius 2 is 2.05 bits per heavy atom. The number of rotatable bonds is 3. The first-order valence-electron chi connectivity index (χ1n) is 5.96. The zero-order chi connectivity index (χ0) is 15.4. The molecular formula is C15H10FIN2O2. The van der Waals surface area contributed by atoms with E-state index in [0.717, 1.165) is 3.57 Å². The molecule has 0 saturated heterocycles. The lowest BCUT2D eigenvalue weighted by Crippen LogP contribution is -2.20. The summed E-state index contributed by atoms with van der Waals surface area (Å²) in [5.74, 6) is -1.07. The highest BCUT2D eigenvalue weighted by Crippen LogP contribution is 2.20. The highest BCUT2D eigenvalue weighted by Gasteiger charge is 2.14. The molecule has 6 heteroatoms. The average molecular weight is 396 g/mol. The molecule has 0 fully saturated rings. The predicted octanol–water partition coefficient (Wildman–Crippen LogP) is 3.01. The largest absolute Gasteiger partial charge is 0.288 e. The Hall–Kier alpha value is -1.98. The van der Waals surface area contributed by atoms with Crippen LogP contribution in [0.15, 0.2) is 36.4 Å². The van der Waals surface area contributed by atoms with Gasteiger partial charge in [-0.2, -0.15) is 5.26 Å². The molecule has 0 atom stereocenters. The summed E-state index contributed by atoms with van der Waals surface area (Å²) in [7, 11) is 0.